The van der Waals surface area contributed by atoms with Gasteiger partial charge in [0.1, 0.15) is 16.6 Å². The Morgan fingerprint density at radius 2 is 2.44 bits per heavy atom. The Balaban J connectivity index is 1.88. The Kier molecular flexibility index (Phi) is 4.04. The lowest BCUT2D eigenvalue weighted by molar-refractivity contribution is 0.266. The zero-order valence-electron chi connectivity index (χ0n) is 10.8. The van der Waals surface area contributed by atoms with Crippen LogP contribution in [0.2, 0.25) is 0 Å². The largest absolute Gasteiger partial charge is 0.382 e. The minimum absolute atomic E-state index is 0.334. The summed E-state index contributed by atoms with van der Waals surface area (Å²) in [6.45, 7) is 7.64. The lowest BCUT2D eigenvalue weighted by atomic mass is 10.1. The molecule has 5 nitrogen and oxygen atoms in total. The Morgan fingerprint density at radius 3 is 3.06 bits per heavy atom. The molecule has 0 spiro atoms. The standard InChI is InChI=1S/C12H19N5S/c1-8(2)17-4-3-9(7-17)6-15-12-10(5-13)11(14)16-18-12/h8-9,15H,3-4,6-7H2,1-2H3,(H2,14,16). The molecule has 1 atom stereocenters. The molecule has 18 heavy (non-hydrogen) atoms. The molecule has 6 heteroatoms. The van der Waals surface area contributed by atoms with Gasteiger partial charge in [0.25, 0.3) is 0 Å². The molecule has 1 aliphatic rings. The molecule has 1 aliphatic heterocycles. The number of nitriles is 1. The average molecular weight is 265 g/mol. The minimum atomic E-state index is 0.334. The topological polar surface area (TPSA) is 78.0 Å². The summed E-state index contributed by atoms with van der Waals surface area (Å²) >= 11 is 1.27. The van der Waals surface area contributed by atoms with Crippen molar-refractivity contribution in [1.82, 2.24) is 9.27 Å². The fourth-order valence-corrected chi connectivity index (χ4v) is 2.94. The van der Waals surface area contributed by atoms with Gasteiger partial charge < -0.3 is 16.0 Å². The van der Waals surface area contributed by atoms with E-state index in [0.29, 0.717) is 23.3 Å². The maximum absolute atomic E-state index is 8.98. The Labute approximate surface area is 112 Å². The van der Waals surface area contributed by atoms with Gasteiger partial charge in [-0.05, 0) is 44.3 Å². The average Bonchev–Trinajstić information content (AvgIpc) is 2.93. The molecule has 0 amide bonds. The van der Waals surface area contributed by atoms with Gasteiger partial charge >= 0.3 is 0 Å². The van der Waals surface area contributed by atoms with E-state index >= 15 is 0 Å². The third kappa shape index (κ3) is 2.74. The molecule has 2 heterocycles. The van der Waals surface area contributed by atoms with E-state index in [0.717, 1.165) is 18.1 Å². The van der Waals surface area contributed by atoms with Crippen molar-refractivity contribution in [2.45, 2.75) is 26.3 Å². The van der Waals surface area contributed by atoms with Crippen molar-refractivity contribution >= 4 is 22.4 Å². The predicted molar refractivity (Wildman–Crippen MR) is 74.5 cm³/mol. The maximum Gasteiger partial charge on any atom is 0.157 e. The Bertz CT molecular complexity index is 448. The van der Waals surface area contributed by atoms with Crippen LogP contribution in [0.4, 0.5) is 10.8 Å². The van der Waals surface area contributed by atoms with Crippen molar-refractivity contribution in [3.05, 3.63) is 5.56 Å². The van der Waals surface area contributed by atoms with E-state index in [1.54, 1.807) is 0 Å². The number of aromatic nitrogens is 1. The molecule has 1 aromatic rings. The van der Waals surface area contributed by atoms with Gasteiger partial charge in [-0.25, -0.2) is 0 Å². The first-order valence-electron chi connectivity index (χ1n) is 6.25. The Hall–Kier alpha value is -1.32. The quantitative estimate of drug-likeness (QED) is 0.867. The van der Waals surface area contributed by atoms with Crippen LogP contribution in [0.25, 0.3) is 0 Å². The molecule has 0 bridgehead atoms. The summed E-state index contributed by atoms with van der Waals surface area (Å²) < 4.78 is 4.00. The van der Waals surface area contributed by atoms with Gasteiger partial charge in [-0.15, -0.1) is 0 Å². The van der Waals surface area contributed by atoms with Crippen LogP contribution in [-0.2, 0) is 0 Å². The van der Waals surface area contributed by atoms with Crippen LogP contribution in [0.15, 0.2) is 0 Å². The van der Waals surface area contributed by atoms with Gasteiger partial charge in [-0.3, -0.25) is 0 Å². The molecular formula is C12H19N5S. The zero-order chi connectivity index (χ0) is 13.1. The first-order chi connectivity index (χ1) is 8.61. The Morgan fingerprint density at radius 1 is 1.67 bits per heavy atom. The van der Waals surface area contributed by atoms with Crippen molar-refractivity contribution in [1.29, 1.82) is 5.26 Å². The van der Waals surface area contributed by atoms with Crippen LogP contribution in [0.5, 0.6) is 0 Å². The lowest BCUT2D eigenvalue weighted by Gasteiger charge is -2.20. The number of hydrogen-bond acceptors (Lipinski definition) is 6. The first kappa shape index (κ1) is 13.1. The molecule has 1 aromatic heterocycles. The fourth-order valence-electron chi connectivity index (χ4n) is 2.27. The van der Waals surface area contributed by atoms with E-state index < -0.39 is 0 Å². The van der Waals surface area contributed by atoms with Crippen molar-refractivity contribution in [3.8, 4) is 6.07 Å². The second-order valence-electron chi connectivity index (χ2n) is 5.01. The van der Waals surface area contributed by atoms with Crippen LogP contribution in [-0.4, -0.2) is 34.9 Å². The van der Waals surface area contributed by atoms with Crippen LogP contribution < -0.4 is 11.1 Å². The van der Waals surface area contributed by atoms with Crippen LogP contribution in [0, 0.1) is 17.2 Å². The third-order valence-electron chi connectivity index (χ3n) is 3.43. The van der Waals surface area contributed by atoms with Crippen LogP contribution in [0.3, 0.4) is 0 Å². The number of nitrogens with zero attached hydrogens (tertiary/aromatic N) is 3. The van der Waals surface area contributed by atoms with Gasteiger partial charge in [0.2, 0.25) is 0 Å². The molecule has 0 aliphatic carbocycles. The molecule has 1 saturated heterocycles. The second kappa shape index (κ2) is 5.55. The molecule has 0 saturated carbocycles. The summed E-state index contributed by atoms with van der Waals surface area (Å²) in [6.07, 6.45) is 1.21. The monoisotopic (exact) mass is 265 g/mol. The van der Waals surface area contributed by atoms with Gasteiger partial charge in [0.15, 0.2) is 5.82 Å². The van der Waals surface area contributed by atoms with E-state index in [2.05, 4.69) is 34.5 Å². The number of hydrogen-bond donors (Lipinski definition) is 2. The third-order valence-corrected chi connectivity index (χ3v) is 4.25. The van der Waals surface area contributed by atoms with E-state index in [1.807, 2.05) is 0 Å². The minimum Gasteiger partial charge on any atom is -0.382 e. The molecule has 0 aromatic carbocycles. The molecule has 2 rings (SSSR count). The zero-order valence-corrected chi connectivity index (χ0v) is 11.6. The van der Waals surface area contributed by atoms with Gasteiger partial charge in [-0.2, -0.15) is 9.64 Å². The van der Waals surface area contributed by atoms with Gasteiger partial charge in [-0.1, -0.05) is 0 Å². The highest BCUT2D eigenvalue weighted by atomic mass is 32.1. The summed E-state index contributed by atoms with van der Waals surface area (Å²) in [5, 5.41) is 13.1. The van der Waals surface area contributed by atoms with Gasteiger partial charge in [0, 0.05) is 19.1 Å². The number of nitrogens with two attached hydrogens (primary N) is 1. The lowest BCUT2D eigenvalue weighted by Crippen LogP contribution is -2.29. The molecule has 1 unspecified atom stereocenters. The van der Waals surface area contributed by atoms with Gasteiger partial charge in [0.05, 0.1) is 0 Å². The van der Waals surface area contributed by atoms with Crippen LogP contribution >= 0.6 is 11.5 Å². The summed E-state index contributed by atoms with van der Waals surface area (Å²) in [5.74, 6) is 0.975. The summed E-state index contributed by atoms with van der Waals surface area (Å²) in [7, 11) is 0. The summed E-state index contributed by atoms with van der Waals surface area (Å²) in [5.41, 5.74) is 6.11. The molecular weight excluding hydrogens is 246 g/mol. The van der Waals surface area contributed by atoms with E-state index in [4.69, 9.17) is 11.0 Å². The summed E-state index contributed by atoms with van der Waals surface area (Å²) in [6, 6.07) is 2.71. The highest BCUT2D eigenvalue weighted by Gasteiger charge is 2.24. The SMILES string of the molecule is CC(C)N1CCC(CNc2snc(N)c2C#N)C1. The van der Waals surface area contributed by atoms with Crippen molar-refractivity contribution in [2.24, 2.45) is 5.92 Å². The smallest absolute Gasteiger partial charge is 0.157 e. The first-order valence-corrected chi connectivity index (χ1v) is 7.02. The summed E-state index contributed by atoms with van der Waals surface area (Å²) in [4.78, 5) is 2.48. The number of anilines is 2. The van der Waals surface area contributed by atoms with Crippen molar-refractivity contribution in [3.63, 3.8) is 0 Å². The molecule has 0 radical (unpaired) electrons. The normalized spacial score (nSPS) is 20.2. The van der Waals surface area contributed by atoms with Crippen molar-refractivity contribution in [2.75, 3.05) is 30.7 Å². The molecule has 98 valence electrons. The number of nitrogens with one attached hydrogen (secondary N) is 1. The van der Waals surface area contributed by atoms with Crippen LogP contribution in [0.1, 0.15) is 25.8 Å². The van der Waals surface area contributed by atoms with E-state index in [9.17, 15) is 0 Å². The number of nitrogen functional groups attached to an aromatic ring is 1. The fraction of sp³-hybridized carbons (Fsp3) is 0.667. The highest BCUT2D eigenvalue weighted by molar-refractivity contribution is 7.10. The van der Waals surface area contributed by atoms with E-state index in [-0.39, 0.29) is 0 Å². The molecule has 3 N–H and O–H groups in total. The van der Waals surface area contributed by atoms with E-state index in [1.165, 1.54) is 24.5 Å². The highest BCUT2D eigenvalue weighted by Crippen LogP contribution is 2.27. The number of rotatable bonds is 4. The number of likely N-dealkylation sites (tertiary alicyclic amines) is 1. The molecule has 1 fully saturated rings. The van der Waals surface area contributed by atoms with Crippen molar-refractivity contribution < 1.29 is 0 Å². The maximum atomic E-state index is 8.98. The second-order valence-corrected chi connectivity index (χ2v) is 5.78. The predicted octanol–water partition coefficient (Wildman–Crippen LogP) is 1.74.